The molecule has 0 fully saturated rings. The highest BCUT2D eigenvalue weighted by Gasteiger charge is 2.15. The number of fused-ring (bicyclic) bond motifs is 1. The van der Waals surface area contributed by atoms with E-state index in [1.807, 2.05) is 38.2 Å². The van der Waals surface area contributed by atoms with Gasteiger partial charge in [0, 0.05) is 17.1 Å². The number of hydrogen-bond acceptors (Lipinski definition) is 2. The minimum atomic E-state index is -0.134. The molecule has 0 aliphatic rings. The Hall–Kier alpha value is -1.77. The zero-order valence-corrected chi connectivity index (χ0v) is 10.2. The SMILES string of the molecule is CCOC(=O)CC(C)c1c[nH]c2ccccc12. The Morgan fingerprint density at radius 2 is 2.18 bits per heavy atom. The van der Waals surface area contributed by atoms with Crippen molar-refractivity contribution in [2.75, 3.05) is 6.61 Å². The van der Waals surface area contributed by atoms with Crippen LogP contribution in [0, 0.1) is 0 Å². The van der Waals surface area contributed by atoms with Gasteiger partial charge in [0.2, 0.25) is 0 Å². The van der Waals surface area contributed by atoms with Crippen LogP contribution < -0.4 is 0 Å². The zero-order chi connectivity index (χ0) is 12.3. The first-order valence-electron chi connectivity index (χ1n) is 5.94. The summed E-state index contributed by atoms with van der Waals surface area (Å²) < 4.78 is 4.97. The third-order valence-corrected chi connectivity index (χ3v) is 2.93. The molecular formula is C14H17NO2. The summed E-state index contributed by atoms with van der Waals surface area (Å²) in [6.45, 7) is 4.32. The molecule has 1 aromatic carbocycles. The first-order chi connectivity index (χ1) is 8.22. The second kappa shape index (κ2) is 5.04. The van der Waals surface area contributed by atoms with Crippen molar-refractivity contribution in [1.82, 2.24) is 4.98 Å². The number of carbonyl (C=O) groups excluding carboxylic acids is 1. The third kappa shape index (κ3) is 2.49. The maximum Gasteiger partial charge on any atom is 0.306 e. The molecule has 0 amide bonds. The maximum absolute atomic E-state index is 11.5. The van der Waals surface area contributed by atoms with E-state index in [4.69, 9.17) is 4.74 Å². The van der Waals surface area contributed by atoms with Gasteiger partial charge in [-0.3, -0.25) is 4.79 Å². The van der Waals surface area contributed by atoms with Crippen molar-refractivity contribution in [3.05, 3.63) is 36.0 Å². The average molecular weight is 231 g/mol. The van der Waals surface area contributed by atoms with Crippen molar-refractivity contribution in [3.8, 4) is 0 Å². The van der Waals surface area contributed by atoms with Crippen molar-refractivity contribution >= 4 is 16.9 Å². The first kappa shape index (κ1) is 11.7. The van der Waals surface area contributed by atoms with Gasteiger partial charge in [0.1, 0.15) is 0 Å². The number of nitrogens with one attached hydrogen (secondary N) is 1. The molecule has 0 spiro atoms. The Balaban J connectivity index is 2.19. The molecule has 0 aliphatic carbocycles. The highest BCUT2D eigenvalue weighted by molar-refractivity contribution is 5.84. The average Bonchev–Trinajstić information content (AvgIpc) is 2.72. The van der Waals surface area contributed by atoms with Crippen LogP contribution in [0.2, 0.25) is 0 Å². The number of rotatable bonds is 4. The summed E-state index contributed by atoms with van der Waals surface area (Å²) in [6, 6.07) is 8.12. The van der Waals surface area contributed by atoms with Gasteiger partial charge in [-0.1, -0.05) is 25.1 Å². The van der Waals surface area contributed by atoms with E-state index >= 15 is 0 Å². The summed E-state index contributed by atoms with van der Waals surface area (Å²) in [6.07, 6.45) is 2.41. The van der Waals surface area contributed by atoms with E-state index in [1.54, 1.807) is 0 Å². The Labute approximate surface area is 101 Å². The molecule has 90 valence electrons. The van der Waals surface area contributed by atoms with Gasteiger partial charge in [0.15, 0.2) is 0 Å². The monoisotopic (exact) mass is 231 g/mol. The van der Waals surface area contributed by atoms with E-state index in [1.165, 1.54) is 10.9 Å². The number of carbonyl (C=O) groups is 1. The number of para-hydroxylation sites is 1. The molecule has 1 atom stereocenters. The first-order valence-corrected chi connectivity index (χ1v) is 5.94. The summed E-state index contributed by atoms with van der Waals surface area (Å²) in [4.78, 5) is 14.7. The highest BCUT2D eigenvalue weighted by Crippen LogP contribution is 2.27. The molecule has 0 aliphatic heterocycles. The number of benzene rings is 1. The van der Waals surface area contributed by atoms with Crippen LogP contribution in [0.15, 0.2) is 30.5 Å². The van der Waals surface area contributed by atoms with Gasteiger partial charge in [-0.15, -0.1) is 0 Å². The van der Waals surface area contributed by atoms with Crippen molar-refractivity contribution in [1.29, 1.82) is 0 Å². The molecule has 2 rings (SSSR count). The van der Waals surface area contributed by atoms with Crippen molar-refractivity contribution in [2.24, 2.45) is 0 Å². The lowest BCUT2D eigenvalue weighted by Gasteiger charge is -2.09. The van der Waals surface area contributed by atoms with Crippen LogP contribution in [0.3, 0.4) is 0 Å². The van der Waals surface area contributed by atoms with Crippen LogP contribution in [0.5, 0.6) is 0 Å². The zero-order valence-electron chi connectivity index (χ0n) is 10.2. The molecule has 0 bridgehead atoms. The van der Waals surface area contributed by atoms with Gasteiger partial charge in [0.25, 0.3) is 0 Å². The third-order valence-electron chi connectivity index (χ3n) is 2.93. The smallest absolute Gasteiger partial charge is 0.306 e. The molecule has 1 aromatic heterocycles. The predicted octanol–water partition coefficient (Wildman–Crippen LogP) is 3.22. The van der Waals surface area contributed by atoms with Crippen molar-refractivity contribution in [3.63, 3.8) is 0 Å². The minimum Gasteiger partial charge on any atom is -0.466 e. The van der Waals surface area contributed by atoms with E-state index in [2.05, 4.69) is 11.1 Å². The van der Waals surface area contributed by atoms with Crippen molar-refractivity contribution in [2.45, 2.75) is 26.2 Å². The molecule has 2 aromatic rings. The molecule has 3 heteroatoms. The lowest BCUT2D eigenvalue weighted by molar-refractivity contribution is -0.143. The van der Waals surface area contributed by atoms with Crippen LogP contribution in [-0.4, -0.2) is 17.6 Å². The van der Waals surface area contributed by atoms with E-state index in [0.717, 1.165) is 5.52 Å². The second-order valence-corrected chi connectivity index (χ2v) is 4.20. The van der Waals surface area contributed by atoms with Gasteiger partial charge in [-0.2, -0.15) is 0 Å². The van der Waals surface area contributed by atoms with Crippen LogP contribution >= 0.6 is 0 Å². The Morgan fingerprint density at radius 3 is 2.94 bits per heavy atom. The Morgan fingerprint density at radius 1 is 1.41 bits per heavy atom. The molecule has 1 heterocycles. The Bertz CT molecular complexity index is 516. The fraction of sp³-hybridized carbons (Fsp3) is 0.357. The molecular weight excluding hydrogens is 214 g/mol. The fourth-order valence-electron chi connectivity index (χ4n) is 2.08. The van der Waals surface area contributed by atoms with Gasteiger partial charge in [-0.05, 0) is 24.5 Å². The van der Waals surface area contributed by atoms with Crippen molar-refractivity contribution < 1.29 is 9.53 Å². The predicted molar refractivity (Wildman–Crippen MR) is 68.0 cm³/mol. The lowest BCUT2D eigenvalue weighted by Crippen LogP contribution is -2.08. The number of hydrogen-bond donors (Lipinski definition) is 1. The molecule has 1 unspecified atom stereocenters. The molecule has 3 nitrogen and oxygen atoms in total. The number of esters is 1. The van der Waals surface area contributed by atoms with Crippen LogP contribution in [-0.2, 0) is 9.53 Å². The fourth-order valence-corrected chi connectivity index (χ4v) is 2.08. The van der Waals surface area contributed by atoms with Gasteiger partial charge >= 0.3 is 5.97 Å². The standard InChI is InChI=1S/C14H17NO2/c1-3-17-14(16)8-10(2)12-9-15-13-7-5-4-6-11(12)13/h4-7,9-10,15H,3,8H2,1-2H3. The number of ether oxygens (including phenoxy) is 1. The number of aromatic nitrogens is 1. The van der Waals surface area contributed by atoms with E-state index in [0.29, 0.717) is 13.0 Å². The van der Waals surface area contributed by atoms with Gasteiger partial charge < -0.3 is 9.72 Å². The van der Waals surface area contributed by atoms with E-state index < -0.39 is 0 Å². The highest BCUT2D eigenvalue weighted by atomic mass is 16.5. The van der Waals surface area contributed by atoms with Gasteiger partial charge in [0.05, 0.1) is 13.0 Å². The maximum atomic E-state index is 11.5. The summed E-state index contributed by atoms with van der Waals surface area (Å²) in [5, 5.41) is 1.18. The summed E-state index contributed by atoms with van der Waals surface area (Å²) in [5.74, 6) is 0.0375. The van der Waals surface area contributed by atoms with E-state index in [-0.39, 0.29) is 11.9 Å². The molecule has 0 saturated carbocycles. The Kier molecular flexibility index (Phi) is 3.47. The van der Waals surface area contributed by atoms with Crippen LogP contribution in [0.25, 0.3) is 10.9 Å². The quantitative estimate of drug-likeness (QED) is 0.821. The topological polar surface area (TPSA) is 42.1 Å². The molecule has 17 heavy (non-hydrogen) atoms. The van der Waals surface area contributed by atoms with Gasteiger partial charge in [-0.25, -0.2) is 0 Å². The molecule has 0 radical (unpaired) electrons. The number of aromatic amines is 1. The second-order valence-electron chi connectivity index (χ2n) is 4.20. The minimum absolute atomic E-state index is 0.134. The van der Waals surface area contributed by atoms with Crippen LogP contribution in [0.1, 0.15) is 31.7 Å². The molecule has 1 N–H and O–H groups in total. The summed E-state index contributed by atoms with van der Waals surface area (Å²) >= 11 is 0. The number of H-pyrrole nitrogens is 1. The van der Waals surface area contributed by atoms with Crippen LogP contribution in [0.4, 0.5) is 0 Å². The van der Waals surface area contributed by atoms with E-state index in [9.17, 15) is 4.79 Å². The largest absolute Gasteiger partial charge is 0.466 e. The molecule has 0 saturated heterocycles. The lowest BCUT2D eigenvalue weighted by atomic mass is 9.97. The summed E-state index contributed by atoms with van der Waals surface area (Å²) in [7, 11) is 0. The summed E-state index contributed by atoms with van der Waals surface area (Å²) in [5.41, 5.74) is 2.28. The normalized spacial score (nSPS) is 12.6.